The first-order valence-electron chi connectivity index (χ1n) is 14.7. The van der Waals surface area contributed by atoms with Crippen molar-refractivity contribution >= 4 is 5.91 Å². The van der Waals surface area contributed by atoms with Crippen molar-refractivity contribution in [3.8, 4) is 0 Å². The molecule has 0 aliphatic carbocycles. The van der Waals surface area contributed by atoms with Crippen molar-refractivity contribution in [3.05, 3.63) is 94.1 Å². The van der Waals surface area contributed by atoms with Crippen molar-refractivity contribution in [2.24, 2.45) is 0 Å². The fourth-order valence-corrected chi connectivity index (χ4v) is 6.59. The van der Waals surface area contributed by atoms with Crippen LogP contribution < -0.4 is 0 Å². The molecule has 1 amide bonds. The van der Waals surface area contributed by atoms with Crippen LogP contribution in [0.5, 0.6) is 0 Å². The van der Waals surface area contributed by atoms with Crippen LogP contribution in [0.1, 0.15) is 76.7 Å². The monoisotopic (exact) mass is 579 g/mol. The topological polar surface area (TPSA) is 52.6 Å². The second-order valence-electron chi connectivity index (χ2n) is 12.2. The number of aromatic nitrogens is 2. The van der Waals surface area contributed by atoms with Crippen molar-refractivity contribution in [1.29, 1.82) is 0 Å². The molecule has 224 valence electrons. The van der Waals surface area contributed by atoms with Crippen molar-refractivity contribution in [3.63, 3.8) is 0 Å². The summed E-state index contributed by atoms with van der Waals surface area (Å²) in [5.74, 6) is 0.00307. The summed E-state index contributed by atoms with van der Waals surface area (Å²) in [6.07, 6.45) is -1.12. The number of likely N-dealkylation sites (tertiary alicyclic amines) is 1. The van der Waals surface area contributed by atoms with E-state index in [-0.39, 0.29) is 23.5 Å². The second-order valence-corrected chi connectivity index (χ2v) is 12.2. The van der Waals surface area contributed by atoms with E-state index in [1.165, 1.54) is 18.5 Å². The predicted molar refractivity (Wildman–Crippen MR) is 157 cm³/mol. The first-order chi connectivity index (χ1) is 19.9. The van der Waals surface area contributed by atoms with Crippen LogP contribution in [0.4, 0.5) is 13.2 Å². The van der Waals surface area contributed by atoms with Gasteiger partial charge in [0.2, 0.25) is 0 Å². The lowest BCUT2D eigenvalue weighted by Crippen LogP contribution is -2.62. The van der Waals surface area contributed by atoms with Gasteiger partial charge in [-0.1, -0.05) is 42.0 Å². The molecule has 0 bridgehead atoms. The van der Waals surface area contributed by atoms with Crippen LogP contribution in [-0.2, 0) is 6.18 Å². The molecule has 2 aliphatic rings. The van der Waals surface area contributed by atoms with Gasteiger partial charge in [0.25, 0.3) is 5.91 Å². The van der Waals surface area contributed by atoms with Gasteiger partial charge in [-0.3, -0.25) is 14.6 Å². The molecule has 42 heavy (non-hydrogen) atoms. The fourth-order valence-electron chi connectivity index (χ4n) is 6.59. The van der Waals surface area contributed by atoms with E-state index >= 15 is 0 Å². The smallest absolute Gasteiger partial charge is 0.338 e. The van der Waals surface area contributed by atoms with Crippen molar-refractivity contribution in [1.82, 2.24) is 24.7 Å². The summed E-state index contributed by atoms with van der Waals surface area (Å²) in [6, 6.07) is 14.0. The minimum Gasteiger partial charge on any atom is -0.338 e. The zero-order chi connectivity index (χ0) is 30.2. The molecule has 2 aromatic carbocycles. The highest BCUT2D eigenvalue weighted by Crippen LogP contribution is 2.37. The highest BCUT2D eigenvalue weighted by molar-refractivity contribution is 5.96. The molecule has 0 spiro atoms. The van der Waals surface area contributed by atoms with Gasteiger partial charge in [-0.15, -0.1) is 0 Å². The first kappa shape index (κ1) is 30.2. The third-order valence-corrected chi connectivity index (χ3v) is 9.29. The molecule has 1 aromatic heterocycles. The SMILES string of the molecule is Cc1ccc([C@@H](c2ccc(C(F)(F)F)cc2)N2CCN(C3(C)CCN(C(=O)c4c(C)ncnc4C)CC3)C[C@@H]2C)cc1. The van der Waals surface area contributed by atoms with E-state index in [2.05, 4.69) is 57.9 Å². The number of piperidine rings is 1. The Hall–Kier alpha value is -3.30. The quantitative estimate of drug-likeness (QED) is 0.360. The van der Waals surface area contributed by atoms with Crippen LogP contribution in [0.25, 0.3) is 0 Å². The summed E-state index contributed by atoms with van der Waals surface area (Å²) in [4.78, 5) is 28.7. The minimum absolute atomic E-state index is 0.00307. The summed E-state index contributed by atoms with van der Waals surface area (Å²) in [5, 5.41) is 0. The summed E-state index contributed by atoms with van der Waals surface area (Å²) >= 11 is 0. The van der Waals surface area contributed by atoms with E-state index in [1.54, 1.807) is 12.1 Å². The molecule has 2 atom stereocenters. The first-order valence-corrected chi connectivity index (χ1v) is 14.7. The highest BCUT2D eigenvalue weighted by Gasteiger charge is 2.42. The Labute approximate surface area is 246 Å². The van der Waals surface area contributed by atoms with Gasteiger partial charge in [0.05, 0.1) is 28.6 Å². The molecule has 3 aromatic rings. The highest BCUT2D eigenvalue weighted by atomic mass is 19.4. The maximum absolute atomic E-state index is 13.3. The maximum Gasteiger partial charge on any atom is 0.416 e. The average molecular weight is 580 g/mol. The lowest BCUT2D eigenvalue weighted by Gasteiger charge is -2.53. The van der Waals surface area contributed by atoms with E-state index < -0.39 is 11.7 Å². The average Bonchev–Trinajstić information content (AvgIpc) is 2.95. The van der Waals surface area contributed by atoms with Crippen molar-refractivity contribution in [2.45, 2.75) is 71.3 Å². The van der Waals surface area contributed by atoms with Crippen LogP contribution in [0.2, 0.25) is 0 Å². The Morgan fingerprint density at radius 2 is 1.43 bits per heavy atom. The zero-order valence-electron chi connectivity index (χ0n) is 25.1. The molecule has 9 heteroatoms. The number of halogens is 3. The molecule has 3 heterocycles. The van der Waals surface area contributed by atoms with Crippen LogP contribution in [0, 0.1) is 20.8 Å². The normalized spacial score (nSPS) is 20.9. The molecule has 0 N–H and O–H groups in total. The predicted octanol–water partition coefficient (Wildman–Crippen LogP) is 6.21. The van der Waals surface area contributed by atoms with E-state index in [0.29, 0.717) is 30.0 Å². The maximum atomic E-state index is 13.3. The Kier molecular flexibility index (Phi) is 8.45. The van der Waals surface area contributed by atoms with Crippen LogP contribution >= 0.6 is 0 Å². The summed E-state index contributed by atoms with van der Waals surface area (Å²) in [6.45, 7) is 14.1. The third-order valence-electron chi connectivity index (χ3n) is 9.29. The number of benzene rings is 2. The van der Waals surface area contributed by atoms with Crippen LogP contribution in [0.3, 0.4) is 0 Å². The third kappa shape index (κ3) is 6.08. The molecular weight excluding hydrogens is 539 g/mol. The lowest BCUT2D eigenvalue weighted by atomic mass is 9.85. The van der Waals surface area contributed by atoms with E-state index in [9.17, 15) is 18.0 Å². The zero-order valence-corrected chi connectivity index (χ0v) is 25.1. The van der Waals surface area contributed by atoms with Gasteiger partial charge in [0.1, 0.15) is 6.33 Å². The second kappa shape index (κ2) is 11.8. The van der Waals surface area contributed by atoms with Gasteiger partial charge < -0.3 is 4.90 Å². The van der Waals surface area contributed by atoms with Crippen molar-refractivity contribution < 1.29 is 18.0 Å². The number of alkyl halides is 3. The number of hydrogen-bond donors (Lipinski definition) is 0. The molecule has 2 fully saturated rings. The Bertz CT molecular complexity index is 1380. The minimum atomic E-state index is -4.36. The van der Waals surface area contributed by atoms with E-state index in [4.69, 9.17) is 0 Å². The summed E-state index contributed by atoms with van der Waals surface area (Å²) in [5.41, 5.74) is 4.44. The van der Waals surface area contributed by atoms with Gasteiger partial charge in [-0.05, 0) is 70.7 Å². The van der Waals surface area contributed by atoms with Crippen LogP contribution in [0.15, 0.2) is 54.9 Å². The number of nitrogens with zero attached hydrogens (tertiary/aromatic N) is 5. The lowest BCUT2D eigenvalue weighted by molar-refractivity contribution is -0.137. The Balaban J connectivity index is 1.30. The number of carbonyl (C=O) groups is 1. The van der Waals surface area contributed by atoms with Gasteiger partial charge >= 0.3 is 6.18 Å². The molecule has 5 rings (SSSR count). The van der Waals surface area contributed by atoms with Gasteiger partial charge in [0.15, 0.2) is 0 Å². The number of hydrogen-bond acceptors (Lipinski definition) is 5. The van der Waals surface area contributed by atoms with Gasteiger partial charge in [-0.2, -0.15) is 13.2 Å². The van der Waals surface area contributed by atoms with Crippen molar-refractivity contribution in [2.75, 3.05) is 32.7 Å². The molecule has 6 nitrogen and oxygen atoms in total. The summed E-state index contributed by atoms with van der Waals surface area (Å²) in [7, 11) is 0. The van der Waals surface area contributed by atoms with Gasteiger partial charge in [0, 0.05) is 44.3 Å². The molecule has 0 saturated carbocycles. The Morgan fingerprint density at radius 3 is 1.95 bits per heavy atom. The molecule has 2 aliphatic heterocycles. The largest absolute Gasteiger partial charge is 0.416 e. The Morgan fingerprint density at radius 1 is 0.881 bits per heavy atom. The number of carbonyl (C=O) groups excluding carboxylic acids is 1. The number of rotatable bonds is 5. The number of amides is 1. The number of piperazine rings is 1. The van der Waals surface area contributed by atoms with E-state index in [0.717, 1.165) is 49.2 Å². The molecule has 0 radical (unpaired) electrons. The fraction of sp³-hybridized carbons (Fsp3) is 0.485. The standard InChI is InChI=1S/C33H40F3N5O/c1-22-6-8-26(9-7-22)30(27-10-12-28(13-11-27)33(34,35)36)41-19-18-40(20-23(41)2)32(5)14-16-39(17-15-32)31(42)29-24(3)37-21-38-25(29)4/h6-13,21,23,30H,14-20H2,1-5H3/t23-,30-/m0/s1. The van der Waals surface area contributed by atoms with E-state index in [1.807, 2.05) is 25.7 Å². The summed E-state index contributed by atoms with van der Waals surface area (Å²) < 4.78 is 39.9. The molecule has 0 unspecified atom stereocenters. The number of aryl methyl sites for hydroxylation is 3. The molecule has 2 saturated heterocycles. The molecular formula is C33H40F3N5O. The van der Waals surface area contributed by atoms with Gasteiger partial charge in [-0.25, -0.2) is 9.97 Å². The van der Waals surface area contributed by atoms with Crippen LogP contribution in [-0.4, -0.2) is 74.9 Å².